The molecule has 0 aliphatic rings. The maximum Gasteiger partial charge on any atom is 0.407 e. The highest BCUT2D eigenvalue weighted by atomic mass is 31.2. The van der Waals surface area contributed by atoms with Crippen molar-refractivity contribution in [2.75, 3.05) is 0 Å². The molecule has 2 N–H and O–H groups in total. The van der Waals surface area contributed by atoms with Crippen molar-refractivity contribution in [3.63, 3.8) is 0 Å². The van der Waals surface area contributed by atoms with E-state index in [4.69, 9.17) is 9.79 Å². The predicted molar refractivity (Wildman–Crippen MR) is 47.7 cm³/mol. The molecular formula is C8H8F3O3P. The van der Waals surface area contributed by atoms with Crippen molar-refractivity contribution in [3.05, 3.63) is 0 Å². The van der Waals surface area contributed by atoms with E-state index < -0.39 is 31.8 Å². The Labute approximate surface area is 84.8 Å². The largest absolute Gasteiger partial charge is 0.407 e. The molecular weight excluding hydrogens is 232 g/mol. The van der Waals surface area contributed by atoms with Crippen LogP contribution in [-0.4, -0.2) is 21.1 Å². The second-order valence-corrected chi connectivity index (χ2v) is 4.78. The van der Waals surface area contributed by atoms with Gasteiger partial charge in [0.1, 0.15) is 0 Å². The van der Waals surface area contributed by atoms with E-state index in [9.17, 15) is 17.7 Å². The molecule has 84 valence electrons. The minimum absolute atomic E-state index is 1.15. The molecule has 0 aliphatic heterocycles. The average Bonchev–Trinajstić information content (AvgIpc) is 1.99. The highest BCUT2D eigenvalue weighted by Crippen LogP contribution is 2.61. The summed E-state index contributed by atoms with van der Waals surface area (Å²) in [5.41, 5.74) is 0. The van der Waals surface area contributed by atoms with Crippen molar-refractivity contribution in [1.29, 1.82) is 0 Å². The zero-order valence-corrected chi connectivity index (χ0v) is 8.35. The predicted octanol–water partition coefficient (Wildman–Crippen LogP) is 1.51. The molecule has 0 atom stereocenters. The SMILES string of the molecule is C#CCC(CC#C)(C(F)(F)F)P(=O)(O)O. The monoisotopic (exact) mass is 240 g/mol. The van der Waals surface area contributed by atoms with Gasteiger partial charge in [-0.1, -0.05) is 0 Å². The van der Waals surface area contributed by atoms with Gasteiger partial charge in [-0.2, -0.15) is 13.2 Å². The highest BCUT2D eigenvalue weighted by molar-refractivity contribution is 7.53. The van der Waals surface area contributed by atoms with E-state index in [-0.39, 0.29) is 0 Å². The van der Waals surface area contributed by atoms with Gasteiger partial charge in [0.05, 0.1) is 0 Å². The van der Waals surface area contributed by atoms with Crippen molar-refractivity contribution in [2.45, 2.75) is 24.2 Å². The van der Waals surface area contributed by atoms with Crippen LogP contribution in [0.4, 0.5) is 13.2 Å². The first-order valence-corrected chi connectivity index (χ1v) is 5.23. The molecule has 0 aromatic heterocycles. The summed E-state index contributed by atoms with van der Waals surface area (Å²) in [5.74, 6) is 3.20. The van der Waals surface area contributed by atoms with Crippen molar-refractivity contribution in [1.82, 2.24) is 0 Å². The number of terminal acetylenes is 2. The van der Waals surface area contributed by atoms with E-state index in [2.05, 4.69) is 12.8 Å². The Morgan fingerprint density at radius 2 is 1.47 bits per heavy atom. The number of hydrogen-bond donors (Lipinski definition) is 2. The lowest BCUT2D eigenvalue weighted by molar-refractivity contribution is -0.164. The van der Waals surface area contributed by atoms with Gasteiger partial charge in [-0.15, -0.1) is 24.7 Å². The van der Waals surface area contributed by atoms with Crippen LogP contribution in [0.1, 0.15) is 12.8 Å². The fourth-order valence-electron chi connectivity index (χ4n) is 0.972. The highest BCUT2D eigenvalue weighted by Gasteiger charge is 2.64. The van der Waals surface area contributed by atoms with Crippen molar-refractivity contribution in [3.8, 4) is 24.7 Å². The normalized spacial score (nSPS) is 13.0. The van der Waals surface area contributed by atoms with Gasteiger partial charge in [0.25, 0.3) is 0 Å². The van der Waals surface area contributed by atoms with Crippen LogP contribution in [0.5, 0.6) is 0 Å². The van der Waals surface area contributed by atoms with E-state index in [0.717, 1.165) is 0 Å². The summed E-state index contributed by atoms with van der Waals surface area (Å²) < 4.78 is 48.5. The van der Waals surface area contributed by atoms with Crippen molar-refractivity contribution < 1.29 is 27.5 Å². The third kappa shape index (κ3) is 2.54. The van der Waals surface area contributed by atoms with E-state index in [0.29, 0.717) is 0 Å². The molecule has 0 heterocycles. The second kappa shape index (κ2) is 4.28. The molecule has 0 spiro atoms. The first-order chi connectivity index (χ1) is 6.62. The summed E-state index contributed by atoms with van der Waals surface area (Å²) in [4.78, 5) is 17.5. The summed E-state index contributed by atoms with van der Waals surface area (Å²) in [6.07, 6.45) is 1.91. The molecule has 0 aromatic carbocycles. The summed E-state index contributed by atoms with van der Waals surface area (Å²) in [5, 5.41) is -3.33. The molecule has 0 fully saturated rings. The zero-order valence-electron chi connectivity index (χ0n) is 7.45. The van der Waals surface area contributed by atoms with Gasteiger partial charge < -0.3 is 9.79 Å². The van der Waals surface area contributed by atoms with Crippen molar-refractivity contribution >= 4 is 7.60 Å². The summed E-state index contributed by atoms with van der Waals surface area (Å²) >= 11 is 0. The molecule has 15 heavy (non-hydrogen) atoms. The van der Waals surface area contributed by atoms with Gasteiger partial charge >= 0.3 is 13.8 Å². The van der Waals surface area contributed by atoms with Gasteiger partial charge in [-0.3, -0.25) is 4.57 Å². The van der Waals surface area contributed by atoms with E-state index >= 15 is 0 Å². The maximum absolute atomic E-state index is 12.6. The molecule has 0 radical (unpaired) electrons. The Bertz CT molecular complexity index is 339. The molecule has 0 rings (SSSR count). The van der Waals surface area contributed by atoms with Crippen LogP contribution in [0, 0.1) is 24.7 Å². The van der Waals surface area contributed by atoms with Crippen LogP contribution < -0.4 is 0 Å². The Kier molecular flexibility index (Phi) is 4.01. The van der Waals surface area contributed by atoms with Crippen LogP contribution >= 0.6 is 7.60 Å². The van der Waals surface area contributed by atoms with Crippen LogP contribution in [0.25, 0.3) is 0 Å². The molecule has 0 amide bonds. The van der Waals surface area contributed by atoms with Crippen LogP contribution in [-0.2, 0) is 4.57 Å². The minimum Gasteiger partial charge on any atom is -0.324 e. The topological polar surface area (TPSA) is 57.5 Å². The number of rotatable bonds is 3. The van der Waals surface area contributed by atoms with E-state index in [1.54, 1.807) is 11.8 Å². The minimum atomic E-state index is -5.47. The third-order valence-corrected chi connectivity index (χ3v) is 3.56. The molecule has 0 bridgehead atoms. The van der Waals surface area contributed by atoms with Gasteiger partial charge in [-0.25, -0.2) is 0 Å². The molecule has 7 heteroatoms. The van der Waals surface area contributed by atoms with E-state index in [1.807, 2.05) is 0 Å². The van der Waals surface area contributed by atoms with Gasteiger partial charge in [0, 0.05) is 12.8 Å². The Hall–Kier alpha value is -0.940. The first kappa shape index (κ1) is 14.1. The number of halogens is 3. The fraction of sp³-hybridized carbons (Fsp3) is 0.500. The first-order valence-electron chi connectivity index (χ1n) is 3.61. The molecule has 0 saturated carbocycles. The fourth-order valence-corrected chi connectivity index (χ4v) is 1.90. The van der Waals surface area contributed by atoms with Crippen LogP contribution in [0.2, 0.25) is 0 Å². The molecule has 0 aliphatic carbocycles. The summed E-state index contributed by atoms with van der Waals surface area (Å²) in [6, 6.07) is 0. The molecule has 0 saturated heterocycles. The second-order valence-electron chi connectivity index (χ2n) is 2.84. The Morgan fingerprint density at radius 1 is 1.13 bits per heavy atom. The zero-order chi connectivity index (χ0) is 12.3. The Balaban J connectivity index is 5.64. The smallest absolute Gasteiger partial charge is 0.324 e. The lowest BCUT2D eigenvalue weighted by atomic mass is 10.0. The van der Waals surface area contributed by atoms with Crippen molar-refractivity contribution in [2.24, 2.45) is 0 Å². The number of hydrogen-bond acceptors (Lipinski definition) is 1. The quantitative estimate of drug-likeness (QED) is 0.580. The van der Waals surface area contributed by atoms with E-state index in [1.165, 1.54) is 0 Å². The van der Waals surface area contributed by atoms with Crippen LogP contribution in [0.3, 0.4) is 0 Å². The standard InChI is InChI=1S/C8H8F3O3P/c1-3-5-7(6-4-2,8(9,10)11)15(12,13)14/h1-2H,5-6H2,(H2,12,13,14). The number of alkyl halides is 3. The van der Waals surface area contributed by atoms with Gasteiger partial charge in [0.15, 0.2) is 5.16 Å². The van der Waals surface area contributed by atoms with Gasteiger partial charge in [0.2, 0.25) is 0 Å². The molecule has 0 unspecified atom stereocenters. The van der Waals surface area contributed by atoms with Gasteiger partial charge in [-0.05, 0) is 0 Å². The maximum atomic E-state index is 12.6. The summed E-state index contributed by atoms with van der Waals surface area (Å²) in [7, 11) is -5.47. The molecule has 3 nitrogen and oxygen atoms in total. The lowest BCUT2D eigenvalue weighted by Gasteiger charge is -2.32. The molecule has 0 aromatic rings. The average molecular weight is 240 g/mol. The van der Waals surface area contributed by atoms with Crippen LogP contribution in [0.15, 0.2) is 0 Å². The summed E-state index contributed by atoms with van der Waals surface area (Å²) in [6.45, 7) is 0. The Morgan fingerprint density at radius 3 is 1.60 bits per heavy atom. The lowest BCUT2D eigenvalue weighted by Crippen LogP contribution is -2.44. The third-order valence-electron chi connectivity index (χ3n) is 1.87.